The highest BCUT2D eigenvalue weighted by molar-refractivity contribution is 5.79. The van der Waals surface area contributed by atoms with Gasteiger partial charge in [0, 0.05) is 12.0 Å². The minimum atomic E-state index is -1.14. The molecule has 0 spiro atoms. The Morgan fingerprint density at radius 1 is 1.48 bits per heavy atom. The predicted octanol–water partition coefficient (Wildman–Crippen LogP) is 2.60. The van der Waals surface area contributed by atoms with Gasteiger partial charge in [0.15, 0.2) is 12.3 Å². The van der Waals surface area contributed by atoms with Crippen LogP contribution in [0.15, 0.2) is 24.3 Å². The van der Waals surface area contributed by atoms with Crippen LogP contribution in [0.25, 0.3) is 0 Å². The van der Waals surface area contributed by atoms with E-state index in [0.717, 1.165) is 16.7 Å². The monoisotopic (exact) mass is 317 g/mol. The van der Waals surface area contributed by atoms with Crippen molar-refractivity contribution in [3.8, 4) is 5.75 Å². The molecule has 124 valence electrons. The van der Waals surface area contributed by atoms with E-state index < -0.39 is 11.6 Å². The van der Waals surface area contributed by atoms with Gasteiger partial charge in [-0.2, -0.15) is 0 Å². The standard InChI is InChI=1S/C18H23NO4/c1-3-4-11-19(22)16-15-12-7-5-6-8-14(12)23-17(20)13(15)9-10-18(16,2)21/h5-8,11,13,15-16,21H,3-4,9-10H2,1-2H3/b19-11-/t13-,15-,16+,18-/m1/s1. The summed E-state index contributed by atoms with van der Waals surface area (Å²) in [7, 11) is 0. The highest BCUT2D eigenvalue weighted by Gasteiger charge is 2.56. The molecule has 1 N–H and O–H groups in total. The van der Waals surface area contributed by atoms with Crippen LogP contribution < -0.4 is 4.74 Å². The number of hydrogen-bond donors (Lipinski definition) is 1. The molecule has 0 saturated heterocycles. The molecule has 1 aromatic rings. The normalized spacial score (nSPS) is 33.6. The molecule has 2 aliphatic rings. The summed E-state index contributed by atoms with van der Waals surface area (Å²) in [6.45, 7) is 3.69. The van der Waals surface area contributed by atoms with Gasteiger partial charge >= 0.3 is 5.97 Å². The molecule has 0 unspecified atom stereocenters. The summed E-state index contributed by atoms with van der Waals surface area (Å²) in [5, 5.41) is 23.5. The first-order chi connectivity index (χ1) is 11.0. The molecule has 0 bridgehead atoms. The molecule has 0 radical (unpaired) electrons. The van der Waals surface area contributed by atoms with E-state index in [1.165, 1.54) is 0 Å². The van der Waals surface area contributed by atoms with Crippen molar-refractivity contribution in [3.63, 3.8) is 0 Å². The van der Waals surface area contributed by atoms with Crippen LogP contribution in [0.2, 0.25) is 0 Å². The van der Waals surface area contributed by atoms with E-state index in [1.54, 1.807) is 25.3 Å². The van der Waals surface area contributed by atoms with E-state index in [4.69, 9.17) is 4.74 Å². The fraction of sp³-hybridized carbons (Fsp3) is 0.556. The first kappa shape index (κ1) is 16.0. The number of aliphatic hydroxyl groups is 1. The van der Waals surface area contributed by atoms with Crippen molar-refractivity contribution in [1.29, 1.82) is 0 Å². The quantitative estimate of drug-likeness (QED) is 0.232. The third-order valence-corrected chi connectivity index (χ3v) is 5.04. The number of unbranched alkanes of at least 4 members (excludes halogenated alkanes) is 1. The predicted molar refractivity (Wildman–Crippen MR) is 86.6 cm³/mol. The Hall–Kier alpha value is -1.88. The molecule has 5 heteroatoms. The maximum Gasteiger partial charge on any atom is 0.315 e. The van der Waals surface area contributed by atoms with E-state index in [2.05, 4.69) is 0 Å². The molecule has 1 saturated carbocycles. The molecule has 1 fully saturated rings. The van der Waals surface area contributed by atoms with Gasteiger partial charge in [-0.05, 0) is 32.3 Å². The van der Waals surface area contributed by atoms with E-state index in [0.29, 0.717) is 25.0 Å². The number of ether oxygens (including phenoxy) is 1. The van der Waals surface area contributed by atoms with Crippen molar-refractivity contribution >= 4 is 12.2 Å². The Balaban J connectivity index is 2.09. The van der Waals surface area contributed by atoms with Crippen LogP contribution in [0, 0.1) is 11.1 Å². The summed E-state index contributed by atoms with van der Waals surface area (Å²) in [5.41, 5.74) is -0.300. The zero-order valence-corrected chi connectivity index (χ0v) is 13.6. The molecule has 23 heavy (non-hydrogen) atoms. The Kier molecular flexibility index (Phi) is 4.15. The minimum absolute atomic E-state index is 0.293. The third kappa shape index (κ3) is 2.74. The van der Waals surface area contributed by atoms with Crippen LogP contribution in [0.3, 0.4) is 0 Å². The smallest absolute Gasteiger partial charge is 0.315 e. The van der Waals surface area contributed by atoms with Crippen LogP contribution in [-0.4, -0.2) is 33.7 Å². The van der Waals surface area contributed by atoms with Gasteiger partial charge in [0.2, 0.25) is 0 Å². The number of carbonyl (C=O) groups is 1. The minimum Gasteiger partial charge on any atom is -0.624 e. The van der Waals surface area contributed by atoms with E-state index in [-0.39, 0.29) is 17.8 Å². The topological polar surface area (TPSA) is 72.6 Å². The van der Waals surface area contributed by atoms with Crippen molar-refractivity contribution < 1.29 is 19.4 Å². The molecule has 3 rings (SSSR count). The summed E-state index contributed by atoms with van der Waals surface area (Å²) in [5.74, 6) is -0.508. The maximum absolute atomic E-state index is 12.7. The molecule has 1 aromatic carbocycles. The van der Waals surface area contributed by atoms with E-state index in [9.17, 15) is 15.1 Å². The van der Waals surface area contributed by atoms with Crippen LogP contribution in [-0.2, 0) is 4.79 Å². The Morgan fingerprint density at radius 3 is 2.96 bits per heavy atom. The highest BCUT2D eigenvalue weighted by Crippen LogP contribution is 2.49. The summed E-state index contributed by atoms with van der Waals surface area (Å²) in [6, 6.07) is 6.64. The van der Waals surface area contributed by atoms with Crippen LogP contribution in [0.4, 0.5) is 0 Å². The maximum atomic E-state index is 12.7. The molecule has 1 aliphatic carbocycles. The SMILES string of the molecule is CCC/C=[N+](\[O-])[C@H]1[C@@H]2c3ccccc3OC(=O)[C@@H]2CC[C@@]1(C)O. The van der Waals surface area contributed by atoms with Crippen molar-refractivity contribution in [1.82, 2.24) is 0 Å². The van der Waals surface area contributed by atoms with Crippen molar-refractivity contribution in [2.24, 2.45) is 5.92 Å². The molecule has 1 aliphatic heterocycles. The second kappa shape index (κ2) is 5.96. The van der Waals surface area contributed by atoms with Crippen LogP contribution in [0.1, 0.15) is 51.0 Å². The number of hydroxylamine groups is 1. The lowest BCUT2D eigenvalue weighted by Crippen LogP contribution is -2.57. The zero-order valence-electron chi connectivity index (χ0n) is 13.6. The van der Waals surface area contributed by atoms with Crippen LogP contribution >= 0.6 is 0 Å². The van der Waals surface area contributed by atoms with Crippen LogP contribution in [0.5, 0.6) is 5.75 Å². The number of esters is 1. The third-order valence-electron chi connectivity index (χ3n) is 5.04. The van der Waals surface area contributed by atoms with Gasteiger partial charge < -0.3 is 15.1 Å². The van der Waals surface area contributed by atoms with E-state index >= 15 is 0 Å². The summed E-state index contributed by atoms with van der Waals surface area (Å²) >= 11 is 0. The molecular weight excluding hydrogens is 294 g/mol. The zero-order chi connectivity index (χ0) is 16.6. The summed E-state index contributed by atoms with van der Waals surface area (Å²) in [6.07, 6.45) is 4.04. The first-order valence-corrected chi connectivity index (χ1v) is 8.27. The summed E-state index contributed by atoms with van der Waals surface area (Å²) < 4.78 is 6.30. The second-order valence-corrected chi connectivity index (χ2v) is 6.76. The molecule has 0 aromatic heterocycles. The molecule has 0 amide bonds. The Morgan fingerprint density at radius 2 is 2.22 bits per heavy atom. The molecule has 5 nitrogen and oxygen atoms in total. The van der Waals surface area contributed by atoms with Gasteiger partial charge in [-0.3, -0.25) is 4.79 Å². The number of carbonyl (C=O) groups excluding carboxylic acids is 1. The first-order valence-electron chi connectivity index (χ1n) is 8.27. The highest BCUT2D eigenvalue weighted by atomic mass is 16.5. The van der Waals surface area contributed by atoms with Crippen molar-refractivity contribution in [2.75, 3.05) is 0 Å². The van der Waals surface area contributed by atoms with Crippen molar-refractivity contribution in [3.05, 3.63) is 35.0 Å². The average Bonchev–Trinajstić information content (AvgIpc) is 2.51. The lowest BCUT2D eigenvalue weighted by atomic mass is 9.65. The molecular formula is C18H23NO4. The van der Waals surface area contributed by atoms with Gasteiger partial charge in [0.25, 0.3) is 0 Å². The number of nitrogens with zero attached hydrogens (tertiary/aromatic N) is 1. The number of benzene rings is 1. The van der Waals surface area contributed by atoms with Gasteiger partial charge in [-0.15, -0.1) is 0 Å². The van der Waals surface area contributed by atoms with Gasteiger partial charge in [-0.1, -0.05) is 25.1 Å². The average molecular weight is 317 g/mol. The lowest BCUT2D eigenvalue weighted by molar-refractivity contribution is -0.532. The number of rotatable bonds is 3. The fourth-order valence-electron chi connectivity index (χ4n) is 3.87. The fourth-order valence-corrected chi connectivity index (χ4v) is 3.87. The summed E-state index contributed by atoms with van der Waals surface area (Å²) in [4.78, 5) is 12.3. The number of fused-ring (bicyclic) bond motifs is 3. The largest absolute Gasteiger partial charge is 0.624 e. The number of hydrogen-bond acceptors (Lipinski definition) is 4. The van der Waals surface area contributed by atoms with Gasteiger partial charge in [0.05, 0.1) is 11.8 Å². The number of para-hydroxylation sites is 1. The van der Waals surface area contributed by atoms with E-state index in [1.807, 2.05) is 19.1 Å². The molecule has 1 heterocycles. The Labute approximate surface area is 136 Å². The molecule has 4 atom stereocenters. The lowest BCUT2D eigenvalue weighted by Gasteiger charge is -2.45. The van der Waals surface area contributed by atoms with Gasteiger partial charge in [0.1, 0.15) is 11.4 Å². The van der Waals surface area contributed by atoms with Gasteiger partial charge in [-0.25, -0.2) is 4.74 Å². The Bertz CT molecular complexity index is 638. The second-order valence-electron chi connectivity index (χ2n) is 6.76. The van der Waals surface area contributed by atoms with Crippen molar-refractivity contribution in [2.45, 2.75) is 57.1 Å².